The zero-order valence-electron chi connectivity index (χ0n) is 15.6. The van der Waals surface area contributed by atoms with Crippen LogP contribution in [0.2, 0.25) is 0 Å². The monoisotopic (exact) mass is 396 g/mol. The van der Waals surface area contributed by atoms with Crippen LogP contribution in [0.15, 0.2) is 0 Å². The standard InChI is InChI=1S/C19H32N4OS2/c24-17-16(22-19(26)23(17)15-10-5-2-6-11-15)12-7-13-20-18(25)21-14-8-3-1-4-9-14/h14-16H,1-13H2,(H,22,26)(H2,20,21,25)/t16-/m1/s1. The molecule has 5 nitrogen and oxygen atoms in total. The molecule has 3 aliphatic rings. The van der Waals surface area contributed by atoms with Crippen molar-refractivity contribution in [2.45, 2.75) is 95.2 Å². The molecular weight excluding hydrogens is 364 g/mol. The Bertz CT molecular complexity index is 516. The minimum Gasteiger partial charge on any atom is -0.363 e. The molecule has 26 heavy (non-hydrogen) atoms. The predicted octanol–water partition coefficient (Wildman–Crippen LogP) is 2.98. The molecule has 2 aliphatic carbocycles. The van der Waals surface area contributed by atoms with Gasteiger partial charge in [0.25, 0.3) is 5.91 Å². The molecule has 0 aromatic heterocycles. The summed E-state index contributed by atoms with van der Waals surface area (Å²) in [6, 6.07) is 0.681. The first-order valence-electron chi connectivity index (χ1n) is 10.3. The van der Waals surface area contributed by atoms with Crippen LogP contribution in [0.4, 0.5) is 0 Å². The molecule has 0 spiro atoms. The Hall–Kier alpha value is -0.950. The maximum Gasteiger partial charge on any atom is 0.251 e. The smallest absolute Gasteiger partial charge is 0.251 e. The van der Waals surface area contributed by atoms with E-state index in [-0.39, 0.29) is 11.9 Å². The molecular formula is C19H32N4OS2. The number of hydrogen-bond donors (Lipinski definition) is 3. The fourth-order valence-corrected chi connectivity index (χ4v) is 5.07. The second kappa shape index (κ2) is 9.83. The number of nitrogens with one attached hydrogen (secondary N) is 3. The van der Waals surface area contributed by atoms with Crippen molar-refractivity contribution in [1.29, 1.82) is 0 Å². The summed E-state index contributed by atoms with van der Waals surface area (Å²) in [4.78, 5) is 14.6. The highest BCUT2D eigenvalue weighted by Gasteiger charge is 2.39. The molecule has 1 saturated heterocycles. The molecule has 146 valence electrons. The molecule has 2 saturated carbocycles. The second-order valence-electron chi connectivity index (χ2n) is 7.88. The van der Waals surface area contributed by atoms with E-state index in [2.05, 4.69) is 16.0 Å². The normalized spacial score (nSPS) is 25.2. The van der Waals surface area contributed by atoms with Crippen molar-refractivity contribution in [2.24, 2.45) is 0 Å². The minimum absolute atomic E-state index is 0.161. The molecule has 1 atom stereocenters. The molecule has 0 unspecified atom stereocenters. The van der Waals surface area contributed by atoms with Gasteiger partial charge in [0.05, 0.1) is 0 Å². The lowest BCUT2D eigenvalue weighted by Crippen LogP contribution is -2.43. The van der Waals surface area contributed by atoms with Crippen LogP contribution in [0, 0.1) is 0 Å². The van der Waals surface area contributed by atoms with Crippen molar-refractivity contribution in [1.82, 2.24) is 20.9 Å². The highest BCUT2D eigenvalue weighted by molar-refractivity contribution is 7.80. The Kier molecular flexibility index (Phi) is 7.49. The van der Waals surface area contributed by atoms with E-state index in [1.807, 2.05) is 4.90 Å². The van der Waals surface area contributed by atoms with Gasteiger partial charge in [-0.2, -0.15) is 0 Å². The van der Waals surface area contributed by atoms with Crippen LogP contribution >= 0.6 is 24.4 Å². The van der Waals surface area contributed by atoms with Gasteiger partial charge < -0.3 is 16.0 Å². The van der Waals surface area contributed by atoms with Crippen LogP contribution in [0.25, 0.3) is 0 Å². The number of amides is 1. The Balaban J connectivity index is 1.35. The van der Waals surface area contributed by atoms with E-state index in [0.717, 1.165) is 37.3 Å². The largest absolute Gasteiger partial charge is 0.363 e. The third-order valence-electron chi connectivity index (χ3n) is 5.89. The highest BCUT2D eigenvalue weighted by atomic mass is 32.1. The second-order valence-corrected chi connectivity index (χ2v) is 8.67. The van der Waals surface area contributed by atoms with Gasteiger partial charge in [-0.15, -0.1) is 0 Å². The van der Waals surface area contributed by atoms with E-state index in [9.17, 15) is 4.79 Å². The van der Waals surface area contributed by atoms with Crippen molar-refractivity contribution in [2.75, 3.05) is 6.54 Å². The van der Waals surface area contributed by atoms with Gasteiger partial charge in [0, 0.05) is 18.6 Å². The van der Waals surface area contributed by atoms with Gasteiger partial charge in [-0.3, -0.25) is 9.69 Å². The van der Waals surface area contributed by atoms with Crippen molar-refractivity contribution in [3.8, 4) is 0 Å². The lowest BCUT2D eigenvalue weighted by atomic mass is 9.94. The zero-order valence-corrected chi connectivity index (χ0v) is 17.2. The summed E-state index contributed by atoms with van der Waals surface area (Å²) in [6.07, 6.45) is 13.9. The Morgan fingerprint density at radius 1 is 1.08 bits per heavy atom. The van der Waals surface area contributed by atoms with Crippen LogP contribution < -0.4 is 16.0 Å². The lowest BCUT2D eigenvalue weighted by Gasteiger charge is -2.30. The summed E-state index contributed by atoms with van der Waals surface area (Å²) in [6.45, 7) is 0.792. The van der Waals surface area contributed by atoms with Gasteiger partial charge in [-0.05, 0) is 63.0 Å². The number of carbonyl (C=O) groups is 1. The molecule has 7 heteroatoms. The molecule has 1 amide bonds. The average Bonchev–Trinajstić information content (AvgIpc) is 2.94. The van der Waals surface area contributed by atoms with E-state index < -0.39 is 0 Å². The first-order chi connectivity index (χ1) is 12.6. The summed E-state index contributed by atoms with van der Waals surface area (Å²) >= 11 is 10.8. The molecule has 0 aromatic rings. The van der Waals surface area contributed by atoms with Gasteiger partial charge in [0.15, 0.2) is 10.2 Å². The average molecular weight is 397 g/mol. The maximum absolute atomic E-state index is 12.7. The highest BCUT2D eigenvalue weighted by Crippen LogP contribution is 2.26. The molecule has 3 N–H and O–H groups in total. The zero-order chi connectivity index (χ0) is 18.4. The molecule has 0 bridgehead atoms. The summed E-state index contributed by atoms with van der Waals surface area (Å²) in [5.74, 6) is 0.171. The number of hydrogen-bond acceptors (Lipinski definition) is 3. The third kappa shape index (κ3) is 5.28. The van der Waals surface area contributed by atoms with Crippen LogP contribution in [-0.4, -0.2) is 45.7 Å². The Labute approximate surface area is 168 Å². The SMILES string of the molecule is O=C1[C@@H](CCCNC(=S)NC2CCCCC2)NC(=S)N1C1CCCCC1. The summed E-state index contributed by atoms with van der Waals surface area (Å²) < 4.78 is 0. The summed E-state index contributed by atoms with van der Waals surface area (Å²) in [7, 11) is 0. The first-order valence-corrected chi connectivity index (χ1v) is 11.1. The Morgan fingerprint density at radius 2 is 1.73 bits per heavy atom. The molecule has 1 aliphatic heterocycles. The third-order valence-corrected chi connectivity index (χ3v) is 6.46. The quantitative estimate of drug-likeness (QED) is 0.474. The van der Waals surface area contributed by atoms with E-state index >= 15 is 0 Å². The lowest BCUT2D eigenvalue weighted by molar-refractivity contribution is -0.129. The number of rotatable bonds is 6. The molecule has 1 heterocycles. The number of thiocarbonyl (C=S) groups is 2. The number of nitrogens with zero attached hydrogens (tertiary/aromatic N) is 1. The van der Waals surface area contributed by atoms with Gasteiger partial charge >= 0.3 is 0 Å². The van der Waals surface area contributed by atoms with Gasteiger partial charge in [-0.1, -0.05) is 38.5 Å². The first kappa shape index (κ1) is 19.8. The van der Waals surface area contributed by atoms with Gasteiger partial charge in [0.2, 0.25) is 0 Å². The van der Waals surface area contributed by atoms with E-state index in [0.29, 0.717) is 17.2 Å². The van der Waals surface area contributed by atoms with Gasteiger partial charge in [0.1, 0.15) is 6.04 Å². The van der Waals surface area contributed by atoms with Crippen molar-refractivity contribution >= 4 is 40.6 Å². The van der Waals surface area contributed by atoms with Gasteiger partial charge in [-0.25, -0.2) is 0 Å². The number of carbonyl (C=O) groups excluding carboxylic acids is 1. The topological polar surface area (TPSA) is 56.4 Å². The van der Waals surface area contributed by atoms with E-state index in [1.165, 1.54) is 51.4 Å². The summed E-state index contributed by atoms with van der Waals surface area (Å²) in [5, 5.41) is 11.3. The van der Waals surface area contributed by atoms with Crippen LogP contribution in [0.5, 0.6) is 0 Å². The fraction of sp³-hybridized carbons (Fsp3) is 0.842. The predicted molar refractivity (Wildman–Crippen MR) is 113 cm³/mol. The molecule has 0 radical (unpaired) electrons. The Morgan fingerprint density at radius 3 is 2.42 bits per heavy atom. The molecule has 3 fully saturated rings. The minimum atomic E-state index is -0.161. The molecule has 3 rings (SSSR count). The van der Waals surface area contributed by atoms with Crippen molar-refractivity contribution in [3.05, 3.63) is 0 Å². The van der Waals surface area contributed by atoms with E-state index in [4.69, 9.17) is 24.4 Å². The van der Waals surface area contributed by atoms with Crippen molar-refractivity contribution in [3.63, 3.8) is 0 Å². The molecule has 0 aromatic carbocycles. The van der Waals surface area contributed by atoms with Crippen LogP contribution in [0.1, 0.15) is 77.0 Å². The van der Waals surface area contributed by atoms with E-state index in [1.54, 1.807) is 0 Å². The van der Waals surface area contributed by atoms with Crippen LogP contribution in [-0.2, 0) is 4.79 Å². The fourth-order valence-electron chi connectivity index (χ4n) is 4.42. The van der Waals surface area contributed by atoms with Crippen molar-refractivity contribution < 1.29 is 4.79 Å². The maximum atomic E-state index is 12.7. The summed E-state index contributed by atoms with van der Waals surface area (Å²) in [5.41, 5.74) is 0. The van der Waals surface area contributed by atoms with Crippen LogP contribution in [0.3, 0.4) is 0 Å².